The van der Waals surface area contributed by atoms with E-state index in [-0.39, 0.29) is 46.8 Å². The van der Waals surface area contributed by atoms with Crippen LogP contribution in [0.15, 0.2) is 53.4 Å². The molecule has 2 aromatic carbocycles. The molecule has 2 heterocycles. The molecule has 1 atom stereocenters. The number of benzene rings is 2. The Morgan fingerprint density at radius 1 is 1.09 bits per heavy atom. The first kappa shape index (κ1) is 32.2. The number of halogens is 3. The molecule has 1 aromatic heterocycles. The molecule has 3 aromatic rings. The van der Waals surface area contributed by atoms with Crippen LogP contribution in [0.25, 0.3) is 0 Å². The number of aromatic nitrogens is 1. The van der Waals surface area contributed by atoms with Crippen LogP contribution in [0.4, 0.5) is 18.3 Å². The first-order valence-corrected chi connectivity index (χ1v) is 15.4. The van der Waals surface area contributed by atoms with Gasteiger partial charge in [-0.3, -0.25) is 4.79 Å². The van der Waals surface area contributed by atoms with Gasteiger partial charge in [-0.25, -0.2) is 18.2 Å². The maximum Gasteiger partial charge on any atom is 0.573 e. The largest absolute Gasteiger partial charge is 0.573 e. The van der Waals surface area contributed by atoms with E-state index in [1.54, 1.807) is 4.90 Å². The van der Waals surface area contributed by atoms with Crippen molar-refractivity contribution in [1.82, 2.24) is 14.6 Å². The number of carbonyl (C=O) groups excluding carboxylic acids is 1. The second kappa shape index (κ2) is 13.3. The van der Waals surface area contributed by atoms with Crippen LogP contribution in [-0.4, -0.2) is 71.8 Å². The van der Waals surface area contributed by atoms with Gasteiger partial charge in [0.15, 0.2) is 10.8 Å². The molecule has 16 heteroatoms. The van der Waals surface area contributed by atoms with Crippen LogP contribution in [0.1, 0.15) is 39.8 Å². The standard InChI is InChI=1S/C27H29F3N4O7S2/c1-2-3-17-4-6-18(7-5-17)14-31-24(36)21-15-33(26-32-23(25(37)38)22(16-35)42-26)12-13-34(21)43(39,40)20-10-8-19(9-11-20)41-27(28,29)30/h4-11,21,35H,2-3,12-16H2,1H3,(H,31,36)(H,37,38)/t21-/m1/s1. The summed E-state index contributed by atoms with van der Waals surface area (Å²) in [5.41, 5.74) is 1.58. The van der Waals surface area contributed by atoms with Crippen molar-refractivity contribution >= 4 is 38.4 Å². The van der Waals surface area contributed by atoms with Crippen LogP contribution in [0.5, 0.6) is 5.75 Å². The van der Waals surface area contributed by atoms with E-state index in [9.17, 15) is 41.4 Å². The molecule has 1 aliphatic heterocycles. The van der Waals surface area contributed by atoms with Crippen molar-refractivity contribution in [2.75, 3.05) is 24.5 Å². The zero-order valence-corrected chi connectivity index (χ0v) is 24.5. The number of piperazine rings is 1. The molecule has 43 heavy (non-hydrogen) atoms. The number of ether oxygens (including phenoxy) is 1. The zero-order valence-electron chi connectivity index (χ0n) is 22.9. The third-order valence-electron chi connectivity index (χ3n) is 6.63. The second-order valence-corrected chi connectivity index (χ2v) is 12.6. The van der Waals surface area contributed by atoms with Crippen molar-refractivity contribution in [2.45, 2.75) is 50.2 Å². The molecular formula is C27H29F3N4O7S2. The molecule has 0 radical (unpaired) electrons. The van der Waals surface area contributed by atoms with Gasteiger partial charge in [0.05, 0.1) is 16.4 Å². The lowest BCUT2D eigenvalue weighted by Gasteiger charge is -2.39. The summed E-state index contributed by atoms with van der Waals surface area (Å²) in [7, 11) is -4.38. The molecule has 0 saturated carbocycles. The summed E-state index contributed by atoms with van der Waals surface area (Å²) in [4.78, 5) is 30.5. The lowest BCUT2D eigenvalue weighted by molar-refractivity contribution is -0.274. The summed E-state index contributed by atoms with van der Waals surface area (Å²) in [6.07, 6.45) is -3.08. The number of aliphatic hydroxyl groups is 1. The number of carboxylic acid groups (broad SMARTS) is 1. The van der Waals surface area contributed by atoms with Crippen LogP contribution in [0.2, 0.25) is 0 Å². The van der Waals surface area contributed by atoms with Gasteiger partial charge < -0.3 is 25.2 Å². The smallest absolute Gasteiger partial charge is 0.476 e. The zero-order chi connectivity index (χ0) is 31.4. The van der Waals surface area contributed by atoms with Crippen molar-refractivity contribution in [2.24, 2.45) is 0 Å². The highest BCUT2D eigenvalue weighted by atomic mass is 32.2. The number of nitrogens with zero attached hydrogens (tertiary/aromatic N) is 3. The number of aromatic carboxylic acids is 1. The van der Waals surface area contributed by atoms with Gasteiger partial charge in [0.1, 0.15) is 11.8 Å². The number of thiazole rings is 1. The number of aliphatic hydroxyl groups excluding tert-OH is 1. The Kier molecular flexibility index (Phi) is 9.94. The number of rotatable bonds is 11. The van der Waals surface area contributed by atoms with E-state index in [2.05, 4.69) is 22.0 Å². The van der Waals surface area contributed by atoms with Crippen molar-refractivity contribution in [1.29, 1.82) is 0 Å². The third kappa shape index (κ3) is 7.81. The van der Waals surface area contributed by atoms with Gasteiger partial charge in [-0.05, 0) is 41.8 Å². The number of hydrogen-bond acceptors (Lipinski definition) is 9. The lowest BCUT2D eigenvalue weighted by atomic mass is 10.1. The average Bonchev–Trinajstić information content (AvgIpc) is 3.41. The summed E-state index contributed by atoms with van der Waals surface area (Å²) >= 11 is 0.913. The van der Waals surface area contributed by atoms with E-state index in [1.807, 2.05) is 24.3 Å². The molecule has 0 unspecified atom stereocenters. The number of aryl methyl sites for hydroxylation is 1. The Morgan fingerprint density at radius 2 is 1.74 bits per heavy atom. The Balaban J connectivity index is 1.60. The number of nitrogens with one attached hydrogen (secondary N) is 1. The normalized spacial score (nSPS) is 16.2. The van der Waals surface area contributed by atoms with Gasteiger partial charge in [0.2, 0.25) is 15.9 Å². The number of sulfonamides is 1. The summed E-state index contributed by atoms with van der Waals surface area (Å²) in [6, 6.07) is 9.95. The summed E-state index contributed by atoms with van der Waals surface area (Å²) < 4.78 is 69.8. The van der Waals surface area contributed by atoms with Crippen LogP contribution < -0.4 is 15.0 Å². The molecular weight excluding hydrogens is 613 g/mol. The number of amides is 1. The molecule has 232 valence electrons. The Labute approximate surface area is 249 Å². The quantitative estimate of drug-likeness (QED) is 0.286. The molecule has 1 aliphatic rings. The van der Waals surface area contributed by atoms with Crippen LogP contribution in [-0.2, 0) is 34.4 Å². The number of carbonyl (C=O) groups is 2. The summed E-state index contributed by atoms with van der Waals surface area (Å²) in [5.74, 6) is -2.58. The molecule has 4 rings (SSSR count). The number of anilines is 1. The van der Waals surface area contributed by atoms with Crippen LogP contribution >= 0.6 is 11.3 Å². The molecule has 0 aliphatic carbocycles. The SMILES string of the molecule is CCCc1ccc(CNC(=O)[C@H]2CN(c3nc(C(=O)O)c(CO)s3)CCN2S(=O)(=O)c2ccc(OC(F)(F)F)cc2)cc1. The van der Waals surface area contributed by atoms with Gasteiger partial charge >= 0.3 is 12.3 Å². The number of alkyl halides is 3. The molecule has 3 N–H and O–H groups in total. The first-order valence-electron chi connectivity index (χ1n) is 13.1. The fraction of sp³-hybridized carbons (Fsp3) is 0.370. The lowest BCUT2D eigenvalue weighted by Crippen LogP contribution is -2.60. The predicted octanol–water partition coefficient (Wildman–Crippen LogP) is 3.38. The fourth-order valence-corrected chi connectivity index (χ4v) is 7.07. The van der Waals surface area contributed by atoms with E-state index in [1.165, 1.54) is 0 Å². The fourth-order valence-electron chi connectivity index (χ4n) is 4.56. The molecule has 11 nitrogen and oxygen atoms in total. The maximum atomic E-state index is 13.6. The van der Waals surface area contributed by atoms with Crippen molar-refractivity contribution in [3.05, 3.63) is 70.2 Å². The van der Waals surface area contributed by atoms with Gasteiger partial charge in [-0.1, -0.05) is 48.9 Å². The minimum atomic E-state index is -4.96. The number of carboxylic acids is 1. The molecule has 1 fully saturated rings. The van der Waals surface area contributed by atoms with Gasteiger partial charge in [-0.15, -0.1) is 13.2 Å². The van der Waals surface area contributed by atoms with E-state index in [0.29, 0.717) is 0 Å². The van der Waals surface area contributed by atoms with Crippen molar-refractivity contribution < 1.29 is 46.1 Å². The minimum Gasteiger partial charge on any atom is -0.476 e. The second-order valence-electron chi connectivity index (χ2n) is 9.61. The monoisotopic (exact) mass is 642 g/mol. The third-order valence-corrected chi connectivity index (χ3v) is 9.65. The Hall–Kier alpha value is -3.73. The molecule has 1 amide bonds. The van der Waals surface area contributed by atoms with E-state index in [4.69, 9.17) is 0 Å². The highest BCUT2D eigenvalue weighted by Gasteiger charge is 2.41. The molecule has 0 spiro atoms. The van der Waals surface area contributed by atoms with E-state index in [0.717, 1.165) is 63.9 Å². The molecule has 0 bridgehead atoms. The van der Waals surface area contributed by atoms with E-state index < -0.39 is 46.7 Å². The predicted molar refractivity (Wildman–Crippen MR) is 150 cm³/mol. The van der Waals surface area contributed by atoms with Crippen LogP contribution in [0.3, 0.4) is 0 Å². The average molecular weight is 643 g/mol. The van der Waals surface area contributed by atoms with Gasteiger partial charge in [-0.2, -0.15) is 4.31 Å². The summed E-state index contributed by atoms with van der Waals surface area (Å²) in [5, 5.41) is 21.9. The minimum absolute atomic E-state index is 0.0224. The van der Waals surface area contributed by atoms with Gasteiger partial charge in [0.25, 0.3) is 0 Å². The van der Waals surface area contributed by atoms with Crippen LogP contribution in [0, 0.1) is 0 Å². The van der Waals surface area contributed by atoms with Crippen molar-refractivity contribution in [3.8, 4) is 5.75 Å². The van der Waals surface area contributed by atoms with Crippen molar-refractivity contribution in [3.63, 3.8) is 0 Å². The highest BCUT2D eigenvalue weighted by molar-refractivity contribution is 7.89. The van der Waals surface area contributed by atoms with E-state index >= 15 is 0 Å². The summed E-state index contributed by atoms with van der Waals surface area (Å²) in [6.45, 7) is 1.20. The number of hydrogen-bond donors (Lipinski definition) is 3. The Bertz CT molecular complexity index is 1550. The molecule has 1 saturated heterocycles. The highest BCUT2D eigenvalue weighted by Crippen LogP contribution is 2.31. The Morgan fingerprint density at radius 3 is 2.30 bits per heavy atom. The van der Waals surface area contributed by atoms with Gasteiger partial charge in [0, 0.05) is 26.2 Å². The first-order chi connectivity index (χ1) is 20.3. The maximum absolute atomic E-state index is 13.6. The topological polar surface area (TPSA) is 149 Å².